The molecule has 0 radical (unpaired) electrons. The lowest BCUT2D eigenvalue weighted by Gasteiger charge is -2.19. The number of carbonyl (C=O) groups excluding carboxylic acids is 3. The Balaban J connectivity index is 1.85. The molecule has 30 heavy (non-hydrogen) atoms. The van der Waals surface area contributed by atoms with Gasteiger partial charge in [-0.15, -0.1) is 0 Å². The molecule has 0 aliphatic rings. The molecule has 8 heteroatoms. The first-order valence-corrected chi connectivity index (χ1v) is 9.86. The fourth-order valence-electron chi connectivity index (χ4n) is 2.50. The number of anilines is 1. The standard InChI is InChI=1S/C22H26ClN3O4/c1-22(2,3)30-21(29)25-14-20(28)24-13-16-6-4-5-7-18(16)26-19(27)12-15-8-10-17(23)11-9-15/h4-11H,12-14H2,1-3H3,(H,24,28)(H,25,29)(H,26,27). The van der Waals surface area contributed by atoms with E-state index in [1.54, 1.807) is 63.2 Å². The van der Waals surface area contributed by atoms with Crippen molar-refractivity contribution in [1.82, 2.24) is 10.6 Å². The van der Waals surface area contributed by atoms with Crippen molar-refractivity contribution in [2.45, 2.75) is 39.3 Å². The van der Waals surface area contributed by atoms with E-state index in [1.165, 1.54) is 0 Å². The SMILES string of the molecule is CC(C)(C)OC(=O)NCC(=O)NCc1ccccc1NC(=O)Cc1ccc(Cl)cc1. The summed E-state index contributed by atoms with van der Waals surface area (Å²) in [4.78, 5) is 36.0. The first-order chi connectivity index (χ1) is 14.1. The Bertz CT molecular complexity index is 892. The molecule has 3 N–H and O–H groups in total. The maximum Gasteiger partial charge on any atom is 0.408 e. The largest absolute Gasteiger partial charge is 0.444 e. The van der Waals surface area contributed by atoms with Crippen molar-refractivity contribution >= 4 is 35.2 Å². The molecule has 0 aliphatic carbocycles. The van der Waals surface area contributed by atoms with Gasteiger partial charge in [0.2, 0.25) is 11.8 Å². The molecular formula is C22H26ClN3O4. The van der Waals surface area contributed by atoms with Crippen LogP contribution in [-0.2, 0) is 27.3 Å². The van der Waals surface area contributed by atoms with Crippen molar-refractivity contribution < 1.29 is 19.1 Å². The number of nitrogens with one attached hydrogen (secondary N) is 3. The van der Waals surface area contributed by atoms with Gasteiger partial charge in [0.25, 0.3) is 0 Å². The third kappa shape index (κ3) is 8.53. The van der Waals surface area contributed by atoms with Crippen molar-refractivity contribution in [3.8, 4) is 0 Å². The quantitative estimate of drug-likeness (QED) is 0.623. The van der Waals surface area contributed by atoms with Crippen molar-refractivity contribution in [1.29, 1.82) is 0 Å². The van der Waals surface area contributed by atoms with Crippen LogP contribution in [-0.4, -0.2) is 30.1 Å². The molecule has 0 spiro atoms. The Hall–Kier alpha value is -3.06. The minimum absolute atomic E-state index is 0.178. The summed E-state index contributed by atoms with van der Waals surface area (Å²) in [6.07, 6.45) is -0.454. The molecule has 0 aromatic heterocycles. The van der Waals surface area contributed by atoms with Gasteiger partial charge in [-0.2, -0.15) is 0 Å². The van der Waals surface area contributed by atoms with Gasteiger partial charge < -0.3 is 20.7 Å². The van der Waals surface area contributed by atoms with Crippen LogP contribution in [0.4, 0.5) is 10.5 Å². The second-order valence-corrected chi connectivity index (χ2v) is 8.08. The van der Waals surface area contributed by atoms with Gasteiger partial charge in [-0.05, 0) is 50.1 Å². The number of para-hydroxylation sites is 1. The molecule has 0 bridgehead atoms. The highest BCUT2D eigenvalue weighted by atomic mass is 35.5. The lowest BCUT2D eigenvalue weighted by atomic mass is 10.1. The Morgan fingerprint density at radius 3 is 2.27 bits per heavy atom. The predicted molar refractivity (Wildman–Crippen MR) is 116 cm³/mol. The van der Waals surface area contributed by atoms with E-state index < -0.39 is 11.7 Å². The third-order valence-corrected chi connectivity index (χ3v) is 4.09. The molecule has 7 nitrogen and oxygen atoms in total. The second kappa shape index (κ2) is 10.6. The molecule has 0 saturated heterocycles. The molecule has 0 fully saturated rings. The summed E-state index contributed by atoms with van der Waals surface area (Å²) in [5.74, 6) is -0.550. The molecule has 160 valence electrons. The Morgan fingerprint density at radius 2 is 1.60 bits per heavy atom. The van der Waals surface area contributed by atoms with Crippen molar-refractivity contribution in [2.75, 3.05) is 11.9 Å². The van der Waals surface area contributed by atoms with Gasteiger partial charge in [0.1, 0.15) is 12.1 Å². The molecule has 0 atom stereocenters. The lowest BCUT2D eigenvalue weighted by molar-refractivity contribution is -0.120. The minimum Gasteiger partial charge on any atom is -0.444 e. The first-order valence-electron chi connectivity index (χ1n) is 9.48. The zero-order valence-electron chi connectivity index (χ0n) is 17.3. The van der Waals surface area contributed by atoms with Crippen LogP contribution in [0.5, 0.6) is 0 Å². The normalized spacial score (nSPS) is 10.8. The van der Waals surface area contributed by atoms with Crippen LogP contribution in [0.15, 0.2) is 48.5 Å². The van der Waals surface area contributed by atoms with Crippen LogP contribution < -0.4 is 16.0 Å². The monoisotopic (exact) mass is 431 g/mol. The molecule has 0 heterocycles. The summed E-state index contributed by atoms with van der Waals surface area (Å²) < 4.78 is 5.08. The Kier molecular flexibility index (Phi) is 8.24. The smallest absolute Gasteiger partial charge is 0.408 e. The van der Waals surface area contributed by atoms with Crippen LogP contribution in [0.3, 0.4) is 0 Å². The van der Waals surface area contributed by atoms with E-state index in [4.69, 9.17) is 16.3 Å². The van der Waals surface area contributed by atoms with Crippen LogP contribution in [0, 0.1) is 0 Å². The maximum absolute atomic E-state index is 12.4. The van der Waals surface area contributed by atoms with Gasteiger partial charge in [-0.3, -0.25) is 9.59 Å². The first kappa shape index (κ1) is 23.2. The topological polar surface area (TPSA) is 96.5 Å². The van der Waals surface area contributed by atoms with E-state index in [0.29, 0.717) is 10.7 Å². The fourth-order valence-corrected chi connectivity index (χ4v) is 2.63. The third-order valence-electron chi connectivity index (χ3n) is 3.84. The average molecular weight is 432 g/mol. The molecule has 3 amide bonds. The highest BCUT2D eigenvalue weighted by Gasteiger charge is 2.16. The van der Waals surface area contributed by atoms with Gasteiger partial charge in [0.05, 0.1) is 6.42 Å². The van der Waals surface area contributed by atoms with Crippen LogP contribution in [0.25, 0.3) is 0 Å². The zero-order chi connectivity index (χ0) is 22.1. The number of hydrogen-bond donors (Lipinski definition) is 3. The summed E-state index contributed by atoms with van der Waals surface area (Å²) in [6, 6.07) is 14.2. The molecule has 2 rings (SSSR count). The maximum atomic E-state index is 12.4. The number of hydrogen-bond acceptors (Lipinski definition) is 4. The molecule has 0 aliphatic heterocycles. The van der Waals surface area contributed by atoms with Crippen LogP contribution in [0.1, 0.15) is 31.9 Å². The van der Waals surface area contributed by atoms with Crippen LogP contribution >= 0.6 is 11.6 Å². The highest BCUT2D eigenvalue weighted by molar-refractivity contribution is 6.30. The van der Waals surface area contributed by atoms with Crippen molar-refractivity contribution in [3.63, 3.8) is 0 Å². The molecule has 0 unspecified atom stereocenters. The van der Waals surface area contributed by atoms with Crippen molar-refractivity contribution in [2.24, 2.45) is 0 Å². The van der Waals surface area contributed by atoms with Gasteiger partial charge in [-0.25, -0.2) is 4.79 Å². The van der Waals surface area contributed by atoms with Gasteiger partial charge >= 0.3 is 6.09 Å². The number of halogens is 1. The van der Waals surface area contributed by atoms with E-state index in [1.807, 2.05) is 6.07 Å². The molecule has 2 aromatic carbocycles. The molecule has 0 saturated carbocycles. The summed E-state index contributed by atoms with van der Waals surface area (Å²) in [5.41, 5.74) is 1.56. The van der Waals surface area contributed by atoms with E-state index in [2.05, 4.69) is 16.0 Å². The number of carbonyl (C=O) groups is 3. The number of rotatable bonds is 7. The summed E-state index contributed by atoms with van der Waals surface area (Å²) in [7, 11) is 0. The Labute approximate surface area is 181 Å². The average Bonchev–Trinajstić information content (AvgIpc) is 2.66. The minimum atomic E-state index is -0.660. The Morgan fingerprint density at radius 1 is 0.933 bits per heavy atom. The molecular weight excluding hydrogens is 406 g/mol. The van der Waals surface area contributed by atoms with Gasteiger partial charge in [0, 0.05) is 17.3 Å². The van der Waals surface area contributed by atoms with E-state index in [9.17, 15) is 14.4 Å². The predicted octanol–water partition coefficient (Wildman–Crippen LogP) is 3.66. The number of amides is 3. The van der Waals surface area contributed by atoms with Gasteiger partial charge in [0.15, 0.2) is 0 Å². The summed E-state index contributed by atoms with van der Waals surface area (Å²) in [6.45, 7) is 5.21. The zero-order valence-corrected chi connectivity index (χ0v) is 18.0. The van der Waals surface area contributed by atoms with Gasteiger partial charge in [-0.1, -0.05) is 41.9 Å². The lowest BCUT2D eigenvalue weighted by Crippen LogP contribution is -2.39. The van der Waals surface area contributed by atoms with E-state index >= 15 is 0 Å². The summed E-state index contributed by atoms with van der Waals surface area (Å²) in [5, 5.41) is 8.59. The van der Waals surface area contributed by atoms with Crippen molar-refractivity contribution in [3.05, 3.63) is 64.7 Å². The summed E-state index contributed by atoms with van der Waals surface area (Å²) >= 11 is 5.86. The second-order valence-electron chi connectivity index (χ2n) is 7.64. The fraction of sp³-hybridized carbons (Fsp3) is 0.318. The number of alkyl carbamates (subject to hydrolysis) is 1. The molecule has 2 aromatic rings. The van der Waals surface area contributed by atoms with E-state index in [-0.39, 0.29) is 31.3 Å². The number of ether oxygens (including phenoxy) is 1. The highest BCUT2D eigenvalue weighted by Crippen LogP contribution is 2.16. The van der Waals surface area contributed by atoms with Crippen LogP contribution in [0.2, 0.25) is 5.02 Å². The number of benzene rings is 2. The van der Waals surface area contributed by atoms with E-state index in [0.717, 1.165) is 11.1 Å².